The maximum Gasteiger partial charge on any atom is 0.322 e. The van der Waals surface area contributed by atoms with Crippen molar-refractivity contribution >= 4 is 35.4 Å². The lowest BCUT2D eigenvalue weighted by atomic mass is 9.71. The number of H-pyrrole nitrogens is 1. The molecule has 1 aliphatic heterocycles. The number of nitrogens with one attached hydrogen (secondary N) is 3. The first-order chi connectivity index (χ1) is 20.6. The van der Waals surface area contributed by atoms with Crippen LogP contribution in [0.15, 0.2) is 42.5 Å². The second kappa shape index (κ2) is 11.2. The minimum absolute atomic E-state index is 0.0133. The van der Waals surface area contributed by atoms with E-state index in [1.165, 1.54) is 4.90 Å². The second-order valence-corrected chi connectivity index (χ2v) is 12.8. The summed E-state index contributed by atoms with van der Waals surface area (Å²) in [7, 11) is 0. The Labute approximate surface area is 249 Å². The molecule has 6 rings (SSSR count). The average molecular weight is 585 g/mol. The third kappa shape index (κ3) is 5.99. The van der Waals surface area contributed by atoms with E-state index in [4.69, 9.17) is 0 Å². The third-order valence-corrected chi connectivity index (χ3v) is 8.84. The fourth-order valence-corrected chi connectivity index (χ4v) is 6.16. The van der Waals surface area contributed by atoms with Gasteiger partial charge in [-0.25, -0.2) is 4.79 Å². The Morgan fingerprint density at radius 2 is 1.63 bits per heavy atom. The summed E-state index contributed by atoms with van der Waals surface area (Å²) in [6.07, 6.45) is 5.50. The zero-order valence-corrected chi connectivity index (χ0v) is 24.6. The van der Waals surface area contributed by atoms with E-state index in [0.717, 1.165) is 44.1 Å². The Balaban J connectivity index is 1.19. The van der Waals surface area contributed by atoms with Crippen molar-refractivity contribution in [1.82, 2.24) is 30.4 Å². The Kier molecular flexibility index (Phi) is 7.45. The number of anilines is 2. The molecule has 0 saturated heterocycles. The molecule has 2 saturated carbocycles. The van der Waals surface area contributed by atoms with Crippen molar-refractivity contribution in [3.63, 3.8) is 0 Å². The molecule has 0 atom stereocenters. The van der Waals surface area contributed by atoms with Crippen LogP contribution in [-0.2, 0) is 6.54 Å². The highest BCUT2D eigenvalue weighted by Crippen LogP contribution is 2.40. The van der Waals surface area contributed by atoms with E-state index in [-0.39, 0.29) is 47.2 Å². The number of hydrogen-bond donors (Lipinski definition) is 3. The van der Waals surface area contributed by atoms with Crippen LogP contribution in [0, 0.1) is 11.3 Å². The summed E-state index contributed by atoms with van der Waals surface area (Å²) in [5.74, 6) is -0.250. The molecule has 12 nitrogen and oxygen atoms in total. The molecule has 3 N–H and O–H groups in total. The van der Waals surface area contributed by atoms with Gasteiger partial charge >= 0.3 is 6.03 Å². The minimum Gasteiger partial charge on any atom is -0.317 e. The summed E-state index contributed by atoms with van der Waals surface area (Å²) in [5, 5.41) is 18.8. The number of amides is 5. The van der Waals surface area contributed by atoms with E-state index < -0.39 is 0 Å². The minimum atomic E-state index is -0.368. The standard InChI is InChI=1S/C31H36N8O4/c1-31(2,3)20-8-11-22(12-9-20)38(17-18-4-6-19(7-5-18)26(40)33-29-34-36-37-35-29)30(43)32-21-10-15-24-25(16-21)28(42)39(27(24)41)23-13-14-23/h4-7,10,15-16,20,22-23H,8-9,11-14,17H2,1-3H3,(H,32,43)(H2,33,34,35,36,37,40). The van der Waals surface area contributed by atoms with Crippen molar-refractivity contribution in [2.45, 2.75) is 77.9 Å². The van der Waals surface area contributed by atoms with Crippen LogP contribution in [0.5, 0.6) is 0 Å². The highest BCUT2D eigenvalue weighted by atomic mass is 16.2. The Bertz CT molecular complexity index is 1530. The van der Waals surface area contributed by atoms with Crippen LogP contribution in [0.3, 0.4) is 0 Å². The fraction of sp³-hybridized carbons (Fsp3) is 0.452. The number of tetrazole rings is 1. The first-order valence-corrected chi connectivity index (χ1v) is 14.8. The number of carbonyl (C=O) groups is 4. The summed E-state index contributed by atoms with van der Waals surface area (Å²) in [5.41, 5.74) is 2.70. The number of aromatic nitrogens is 4. The highest BCUT2D eigenvalue weighted by Gasteiger charge is 2.44. The predicted molar refractivity (Wildman–Crippen MR) is 158 cm³/mol. The molecule has 2 aromatic carbocycles. The van der Waals surface area contributed by atoms with Crippen molar-refractivity contribution < 1.29 is 19.2 Å². The number of rotatable bonds is 7. The second-order valence-electron chi connectivity index (χ2n) is 12.8. The lowest BCUT2D eigenvalue weighted by molar-refractivity contribution is 0.0642. The number of hydrogen-bond acceptors (Lipinski definition) is 7. The average Bonchev–Trinajstić information content (AvgIpc) is 3.62. The quantitative estimate of drug-likeness (QED) is 0.336. The molecule has 1 aromatic heterocycles. The lowest BCUT2D eigenvalue weighted by Crippen LogP contribution is -2.45. The van der Waals surface area contributed by atoms with Gasteiger partial charge in [0.2, 0.25) is 0 Å². The normalized spacial score (nSPS) is 20.1. The first kappa shape index (κ1) is 28.5. The van der Waals surface area contributed by atoms with Crippen molar-refractivity contribution in [2.24, 2.45) is 11.3 Å². The van der Waals surface area contributed by atoms with Gasteiger partial charge in [-0.15, -0.1) is 5.10 Å². The van der Waals surface area contributed by atoms with Crippen LogP contribution in [-0.4, -0.2) is 66.3 Å². The Hall–Kier alpha value is -4.61. The van der Waals surface area contributed by atoms with Crippen LogP contribution < -0.4 is 10.6 Å². The summed E-state index contributed by atoms with van der Waals surface area (Å²) in [4.78, 5) is 55.3. The van der Waals surface area contributed by atoms with E-state index in [1.54, 1.807) is 30.3 Å². The molecule has 12 heteroatoms. The molecule has 3 aliphatic rings. The molecule has 43 heavy (non-hydrogen) atoms. The zero-order valence-electron chi connectivity index (χ0n) is 24.6. The number of carbonyl (C=O) groups excluding carboxylic acids is 4. The summed E-state index contributed by atoms with van der Waals surface area (Å²) < 4.78 is 0. The molecule has 0 radical (unpaired) electrons. The van der Waals surface area contributed by atoms with Gasteiger partial charge in [-0.05, 0) is 91.0 Å². The number of aromatic amines is 1. The van der Waals surface area contributed by atoms with Gasteiger partial charge in [0.25, 0.3) is 23.7 Å². The van der Waals surface area contributed by atoms with E-state index in [9.17, 15) is 19.2 Å². The van der Waals surface area contributed by atoms with Crippen LogP contribution in [0.25, 0.3) is 0 Å². The summed E-state index contributed by atoms with van der Waals surface area (Å²) in [6, 6.07) is 11.7. The van der Waals surface area contributed by atoms with Gasteiger partial charge in [-0.3, -0.25) is 24.6 Å². The highest BCUT2D eigenvalue weighted by molar-refractivity contribution is 6.22. The topological polar surface area (TPSA) is 153 Å². The van der Waals surface area contributed by atoms with E-state index >= 15 is 0 Å². The maximum absolute atomic E-state index is 13.8. The van der Waals surface area contributed by atoms with Crippen molar-refractivity contribution in [2.75, 3.05) is 10.6 Å². The maximum atomic E-state index is 13.8. The SMILES string of the molecule is CC(C)(C)C1CCC(N(Cc2ccc(C(=O)Nc3nn[nH]n3)cc2)C(=O)Nc2ccc3c(c2)C(=O)N(C2CC2)C3=O)CC1. The molecule has 0 spiro atoms. The molecular formula is C31H36N8O4. The van der Waals surface area contributed by atoms with Gasteiger partial charge in [-0.1, -0.05) is 38.0 Å². The fourth-order valence-electron chi connectivity index (χ4n) is 6.16. The Morgan fingerprint density at radius 3 is 2.26 bits per heavy atom. The van der Waals surface area contributed by atoms with Gasteiger partial charge in [0.1, 0.15) is 0 Å². The molecule has 2 fully saturated rings. The molecule has 224 valence electrons. The zero-order chi connectivity index (χ0) is 30.3. The third-order valence-electron chi connectivity index (χ3n) is 8.84. The summed E-state index contributed by atoms with van der Waals surface area (Å²) in [6.45, 7) is 7.15. The number of imide groups is 1. The monoisotopic (exact) mass is 584 g/mol. The molecule has 3 aromatic rings. The first-order valence-electron chi connectivity index (χ1n) is 14.8. The molecular weight excluding hydrogens is 548 g/mol. The number of urea groups is 1. The summed E-state index contributed by atoms with van der Waals surface area (Å²) >= 11 is 0. The Morgan fingerprint density at radius 1 is 0.930 bits per heavy atom. The van der Waals surface area contributed by atoms with Gasteiger partial charge in [0.05, 0.1) is 11.1 Å². The van der Waals surface area contributed by atoms with E-state index in [0.29, 0.717) is 34.8 Å². The lowest BCUT2D eigenvalue weighted by Gasteiger charge is -2.41. The van der Waals surface area contributed by atoms with Crippen molar-refractivity contribution in [3.05, 3.63) is 64.7 Å². The number of nitrogens with zero attached hydrogens (tertiary/aromatic N) is 5. The van der Waals surface area contributed by atoms with Gasteiger partial charge in [0, 0.05) is 29.9 Å². The predicted octanol–water partition coefficient (Wildman–Crippen LogP) is 4.85. The van der Waals surface area contributed by atoms with Gasteiger partial charge in [0.15, 0.2) is 0 Å². The smallest absolute Gasteiger partial charge is 0.317 e. The van der Waals surface area contributed by atoms with Crippen LogP contribution >= 0.6 is 0 Å². The van der Waals surface area contributed by atoms with Crippen LogP contribution in [0.4, 0.5) is 16.4 Å². The van der Waals surface area contributed by atoms with Crippen LogP contribution in [0.1, 0.15) is 95.9 Å². The molecule has 2 aliphatic carbocycles. The molecule has 2 heterocycles. The molecule has 0 bridgehead atoms. The van der Waals surface area contributed by atoms with Gasteiger partial charge in [-0.2, -0.15) is 5.21 Å². The number of benzene rings is 2. The largest absolute Gasteiger partial charge is 0.322 e. The number of fused-ring (bicyclic) bond motifs is 1. The van der Waals surface area contributed by atoms with Crippen molar-refractivity contribution in [3.8, 4) is 0 Å². The molecule has 0 unspecified atom stereocenters. The van der Waals surface area contributed by atoms with E-state index in [1.807, 2.05) is 17.0 Å². The van der Waals surface area contributed by atoms with Crippen LogP contribution in [0.2, 0.25) is 0 Å². The van der Waals surface area contributed by atoms with Crippen molar-refractivity contribution in [1.29, 1.82) is 0 Å². The van der Waals surface area contributed by atoms with Gasteiger partial charge < -0.3 is 10.2 Å². The van der Waals surface area contributed by atoms with E-state index in [2.05, 4.69) is 52.0 Å². The molecule has 5 amide bonds.